The van der Waals surface area contributed by atoms with Crippen molar-refractivity contribution in [2.45, 2.75) is 36.9 Å². The largest absolute Gasteiger partial charge is 0.377 e. The average molecular weight is 469 g/mol. The Balaban J connectivity index is 1.38. The lowest BCUT2D eigenvalue weighted by Gasteiger charge is -2.17. The van der Waals surface area contributed by atoms with Gasteiger partial charge in [-0.05, 0) is 36.6 Å². The Bertz CT molecular complexity index is 1190. The molecule has 3 aromatic rings. The van der Waals surface area contributed by atoms with E-state index in [1.807, 2.05) is 41.2 Å². The van der Waals surface area contributed by atoms with E-state index < -0.39 is 10.0 Å². The third-order valence-corrected chi connectivity index (χ3v) is 6.98. The summed E-state index contributed by atoms with van der Waals surface area (Å²) in [7, 11) is -2.04. The summed E-state index contributed by atoms with van der Waals surface area (Å²) in [5.41, 5.74) is 2.35. The van der Waals surface area contributed by atoms with Crippen molar-refractivity contribution in [2.24, 2.45) is 0 Å². The standard InChI is InChI=1S/C24H28N4O4S/c1-27(16-20-14-25-28(18-20)17-19-7-3-2-4-8-19)24(29)21-9-5-11-23(13-21)33(30,31)26-15-22-10-6-12-32-22/h2-5,7-9,11,13-14,18,22,26H,6,10,12,15-17H2,1H3/t22-/m1/s1. The number of carbonyl (C=O) groups excluding carboxylic acids is 1. The van der Waals surface area contributed by atoms with E-state index in [0.717, 1.165) is 24.0 Å². The molecule has 1 amide bonds. The summed E-state index contributed by atoms with van der Waals surface area (Å²) in [5.74, 6) is -0.262. The normalized spacial score (nSPS) is 16.1. The molecule has 1 fully saturated rings. The highest BCUT2D eigenvalue weighted by Gasteiger charge is 2.22. The predicted octanol–water partition coefficient (Wildman–Crippen LogP) is 2.66. The first-order chi connectivity index (χ1) is 15.9. The fourth-order valence-corrected chi connectivity index (χ4v) is 4.91. The van der Waals surface area contributed by atoms with E-state index in [1.165, 1.54) is 12.1 Å². The lowest BCUT2D eigenvalue weighted by molar-refractivity contribution is 0.0785. The number of hydrogen-bond acceptors (Lipinski definition) is 5. The Morgan fingerprint density at radius 3 is 2.76 bits per heavy atom. The summed E-state index contributed by atoms with van der Waals surface area (Å²) in [5, 5.41) is 4.38. The summed E-state index contributed by atoms with van der Waals surface area (Å²) in [6.07, 6.45) is 5.33. The molecular formula is C24H28N4O4S. The van der Waals surface area contributed by atoms with Crippen molar-refractivity contribution in [3.63, 3.8) is 0 Å². The van der Waals surface area contributed by atoms with Crippen molar-refractivity contribution in [1.82, 2.24) is 19.4 Å². The highest BCUT2D eigenvalue weighted by Crippen LogP contribution is 2.16. The summed E-state index contributed by atoms with van der Waals surface area (Å²) in [4.78, 5) is 14.6. The highest BCUT2D eigenvalue weighted by molar-refractivity contribution is 7.89. The molecule has 33 heavy (non-hydrogen) atoms. The molecule has 9 heteroatoms. The second-order valence-electron chi connectivity index (χ2n) is 8.21. The van der Waals surface area contributed by atoms with Gasteiger partial charge >= 0.3 is 0 Å². The van der Waals surface area contributed by atoms with Crippen molar-refractivity contribution in [3.05, 3.63) is 83.7 Å². The van der Waals surface area contributed by atoms with Crippen molar-refractivity contribution in [1.29, 1.82) is 0 Å². The van der Waals surface area contributed by atoms with Gasteiger partial charge < -0.3 is 9.64 Å². The topological polar surface area (TPSA) is 93.5 Å². The Morgan fingerprint density at radius 1 is 1.18 bits per heavy atom. The minimum absolute atomic E-state index is 0.0652. The van der Waals surface area contributed by atoms with E-state index in [-0.39, 0.29) is 23.5 Å². The molecule has 1 aliphatic heterocycles. The van der Waals surface area contributed by atoms with Crippen molar-refractivity contribution < 1.29 is 17.9 Å². The predicted molar refractivity (Wildman–Crippen MR) is 124 cm³/mol. The third-order valence-electron chi connectivity index (χ3n) is 5.56. The van der Waals surface area contributed by atoms with Crippen LogP contribution in [0.15, 0.2) is 71.9 Å². The van der Waals surface area contributed by atoms with E-state index in [4.69, 9.17) is 4.74 Å². The number of sulfonamides is 1. The van der Waals surface area contributed by atoms with Gasteiger partial charge in [0.25, 0.3) is 5.91 Å². The van der Waals surface area contributed by atoms with Gasteiger partial charge in [0.1, 0.15) is 0 Å². The molecule has 0 saturated carbocycles. The third kappa shape index (κ3) is 6.07. The fourth-order valence-electron chi connectivity index (χ4n) is 3.80. The second-order valence-corrected chi connectivity index (χ2v) is 9.97. The maximum atomic E-state index is 13.0. The first-order valence-electron chi connectivity index (χ1n) is 10.9. The highest BCUT2D eigenvalue weighted by atomic mass is 32.2. The van der Waals surface area contributed by atoms with Crippen LogP contribution in [-0.4, -0.2) is 55.3 Å². The Labute approximate surface area is 194 Å². The first-order valence-corrected chi connectivity index (χ1v) is 12.4. The molecule has 4 rings (SSSR count). The SMILES string of the molecule is CN(Cc1cnn(Cc2ccccc2)c1)C(=O)c1cccc(S(=O)(=O)NC[C@H]2CCCO2)c1. The van der Waals surface area contributed by atoms with Crippen LogP contribution < -0.4 is 4.72 Å². The molecule has 1 aliphatic rings. The summed E-state index contributed by atoms with van der Waals surface area (Å²) in [6, 6.07) is 16.1. The number of aromatic nitrogens is 2. The first kappa shape index (κ1) is 23.2. The van der Waals surface area contributed by atoms with Crippen LogP contribution in [0.2, 0.25) is 0 Å². The molecule has 0 spiro atoms. The molecule has 2 aromatic carbocycles. The zero-order valence-electron chi connectivity index (χ0n) is 18.6. The van der Waals surface area contributed by atoms with Gasteiger partial charge in [0.05, 0.1) is 23.7 Å². The summed E-state index contributed by atoms with van der Waals surface area (Å²) in [6.45, 7) is 1.90. The number of amides is 1. The lowest BCUT2D eigenvalue weighted by Crippen LogP contribution is -2.32. The number of rotatable bonds is 9. The smallest absolute Gasteiger partial charge is 0.253 e. The molecule has 0 aliphatic carbocycles. The molecule has 1 atom stereocenters. The van der Waals surface area contributed by atoms with Crippen molar-refractivity contribution in [2.75, 3.05) is 20.2 Å². The number of nitrogens with zero attached hydrogens (tertiary/aromatic N) is 3. The molecule has 1 N–H and O–H groups in total. The molecule has 0 radical (unpaired) electrons. The number of hydrogen-bond donors (Lipinski definition) is 1. The fraction of sp³-hybridized carbons (Fsp3) is 0.333. The van der Waals surface area contributed by atoms with Crippen LogP contribution in [0.5, 0.6) is 0 Å². The van der Waals surface area contributed by atoms with Gasteiger partial charge in [0.15, 0.2) is 0 Å². The zero-order chi connectivity index (χ0) is 23.3. The molecule has 8 nitrogen and oxygen atoms in total. The van der Waals surface area contributed by atoms with Gasteiger partial charge in [0, 0.05) is 44.1 Å². The Kier molecular flexibility index (Phi) is 7.22. The van der Waals surface area contributed by atoms with Gasteiger partial charge in [-0.3, -0.25) is 9.48 Å². The van der Waals surface area contributed by atoms with Gasteiger partial charge in [-0.1, -0.05) is 36.4 Å². The number of carbonyl (C=O) groups is 1. The molecule has 1 saturated heterocycles. The van der Waals surface area contributed by atoms with Crippen LogP contribution >= 0.6 is 0 Å². The lowest BCUT2D eigenvalue weighted by atomic mass is 10.2. The van der Waals surface area contributed by atoms with Crippen LogP contribution in [-0.2, 0) is 27.8 Å². The van der Waals surface area contributed by atoms with Gasteiger partial charge in [-0.2, -0.15) is 5.10 Å². The maximum absolute atomic E-state index is 13.0. The Hall–Kier alpha value is -3.01. The van der Waals surface area contributed by atoms with E-state index >= 15 is 0 Å². The van der Waals surface area contributed by atoms with Crippen LogP contribution in [0.1, 0.15) is 34.3 Å². The molecule has 0 unspecified atom stereocenters. The van der Waals surface area contributed by atoms with E-state index in [0.29, 0.717) is 25.3 Å². The van der Waals surface area contributed by atoms with Gasteiger partial charge in [-0.25, -0.2) is 13.1 Å². The van der Waals surface area contributed by atoms with Crippen molar-refractivity contribution >= 4 is 15.9 Å². The molecule has 1 aromatic heterocycles. The van der Waals surface area contributed by atoms with Gasteiger partial charge in [0.2, 0.25) is 10.0 Å². The minimum Gasteiger partial charge on any atom is -0.377 e. The quantitative estimate of drug-likeness (QED) is 0.521. The van der Waals surface area contributed by atoms with Crippen LogP contribution in [0, 0.1) is 0 Å². The van der Waals surface area contributed by atoms with Crippen LogP contribution in [0.25, 0.3) is 0 Å². The molecule has 0 bridgehead atoms. The maximum Gasteiger partial charge on any atom is 0.253 e. The van der Waals surface area contributed by atoms with Crippen LogP contribution in [0.3, 0.4) is 0 Å². The zero-order valence-corrected chi connectivity index (χ0v) is 19.4. The monoisotopic (exact) mass is 468 g/mol. The average Bonchev–Trinajstić information content (AvgIpc) is 3.50. The number of benzene rings is 2. The molecule has 2 heterocycles. The second kappa shape index (κ2) is 10.3. The minimum atomic E-state index is -3.73. The number of ether oxygens (including phenoxy) is 1. The Morgan fingerprint density at radius 2 is 2.00 bits per heavy atom. The van der Waals surface area contributed by atoms with E-state index in [1.54, 1.807) is 30.3 Å². The van der Waals surface area contributed by atoms with E-state index in [9.17, 15) is 13.2 Å². The summed E-state index contributed by atoms with van der Waals surface area (Å²) >= 11 is 0. The van der Waals surface area contributed by atoms with Crippen molar-refractivity contribution in [3.8, 4) is 0 Å². The molecule has 174 valence electrons. The number of nitrogens with one attached hydrogen (secondary N) is 1. The summed E-state index contributed by atoms with van der Waals surface area (Å²) < 4.78 is 35.2. The molecular weight excluding hydrogens is 440 g/mol. The van der Waals surface area contributed by atoms with Gasteiger partial charge in [-0.15, -0.1) is 0 Å². The van der Waals surface area contributed by atoms with E-state index in [2.05, 4.69) is 9.82 Å². The van der Waals surface area contributed by atoms with Crippen LogP contribution in [0.4, 0.5) is 0 Å².